The zero-order chi connectivity index (χ0) is 17.2. The summed E-state index contributed by atoms with van der Waals surface area (Å²) in [5.74, 6) is -3.55. The Kier molecular flexibility index (Phi) is 4.60. The van der Waals surface area contributed by atoms with Crippen LogP contribution in [0.3, 0.4) is 0 Å². The zero-order valence-corrected chi connectivity index (χ0v) is 12.8. The Balaban J connectivity index is 2.27. The molecular formula is C14H13FN2O5S. The third-order valence-corrected chi connectivity index (χ3v) is 3.94. The molecule has 1 heterocycles. The first kappa shape index (κ1) is 16.8. The lowest BCUT2D eigenvalue weighted by molar-refractivity contribution is -0.138. The molecule has 1 amide bonds. The van der Waals surface area contributed by atoms with Crippen LogP contribution in [0.5, 0.6) is 0 Å². The number of carboxylic acids is 1. The van der Waals surface area contributed by atoms with Crippen LogP contribution in [0.1, 0.15) is 10.4 Å². The number of rotatable bonds is 5. The van der Waals surface area contributed by atoms with Crippen molar-refractivity contribution in [3.8, 4) is 0 Å². The number of hydrogen-bond acceptors (Lipinski definition) is 5. The number of nitrogens with one attached hydrogen (secondary N) is 1. The SMILES string of the molecule is CS(=O)(=O)C[C@H](NC(=O)c1cnc2c(F)cccc2c1)C(=O)O. The molecule has 0 bridgehead atoms. The van der Waals surface area contributed by atoms with E-state index in [-0.39, 0.29) is 11.1 Å². The Morgan fingerprint density at radius 3 is 2.70 bits per heavy atom. The van der Waals surface area contributed by atoms with Gasteiger partial charge in [0.05, 0.1) is 11.3 Å². The van der Waals surface area contributed by atoms with Crippen molar-refractivity contribution in [1.29, 1.82) is 0 Å². The predicted molar refractivity (Wildman–Crippen MR) is 80.3 cm³/mol. The number of amides is 1. The third kappa shape index (κ3) is 4.22. The third-order valence-electron chi connectivity index (χ3n) is 3.00. The molecular weight excluding hydrogens is 327 g/mol. The van der Waals surface area contributed by atoms with Gasteiger partial charge in [0.25, 0.3) is 5.91 Å². The van der Waals surface area contributed by atoms with E-state index in [4.69, 9.17) is 5.11 Å². The van der Waals surface area contributed by atoms with Gasteiger partial charge in [0, 0.05) is 17.8 Å². The van der Waals surface area contributed by atoms with Crippen LogP contribution in [0, 0.1) is 5.82 Å². The van der Waals surface area contributed by atoms with E-state index in [1.807, 2.05) is 0 Å². The number of fused-ring (bicyclic) bond motifs is 1. The molecule has 0 saturated carbocycles. The van der Waals surface area contributed by atoms with Gasteiger partial charge in [-0.05, 0) is 12.1 Å². The second-order valence-electron chi connectivity index (χ2n) is 4.99. The van der Waals surface area contributed by atoms with Gasteiger partial charge in [-0.2, -0.15) is 0 Å². The van der Waals surface area contributed by atoms with Crippen LogP contribution in [-0.2, 0) is 14.6 Å². The second-order valence-corrected chi connectivity index (χ2v) is 7.18. The molecule has 1 aromatic carbocycles. The van der Waals surface area contributed by atoms with Crippen LogP contribution < -0.4 is 5.32 Å². The van der Waals surface area contributed by atoms with Crippen molar-refractivity contribution >= 4 is 32.6 Å². The fourth-order valence-electron chi connectivity index (χ4n) is 1.97. The molecule has 122 valence electrons. The number of aromatic nitrogens is 1. The number of nitrogens with zero attached hydrogens (tertiary/aromatic N) is 1. The van der Waals surface area contributed by atoms with Crippen molar-refractivity contribution in [2.45, 2.75) is 6.04 Å². The maximum absolute atomic E-state index is 13.5. The van der Waals surface area contributed by atoms with Crippen LogP contribution in [0.2, 0.25) is 0 Å². The number of pyridine rings is 1. The predicted octanol–water partition coefficient (Wildman–Crippen LogP) is 0.601. The van der Waals surface area contributed by atoms with Crippen molar-refractivity contribution < 1.29 is 27.5 Å². The van der Waals surface area contributed by atoms with Crippen LogP contribution in [0.4, 0.5) is 4.39 Å². The average molecular weight is 340 g/mol. The van der Waals surface area contributed by atoms with Crippen LogP contribution in [-0.4, -0.2) is 48.4 Å². The molecule has 2 N–H and O–H groups in total. The van der Waals surface area contributed by atoms with Crippen molar-refractivity contribution in [2.24, 2.45) is 0 Å². The fraction of sp³-hybridized carbons (Fsp3) is 0.214. The summed E-state index contributed by atoms with van der Waals surface area (Å²) in [4.78, 5) is 27.0. The number of aliphatic carboxylic acids is 1. The van der Waals surface area contributed by atoms with Crippen LogP contribution in [0.25, 0.3) is 10.9 Å². The summed E-state index contributed by atoms with van der Waals surface area (Å²) in [5.41, 5.74) is 0.0813. The molecule has 2 aromatic rings. The summed E-state index contributed by atoms with van der Waals surface area (Å²) >= 11 is 0. The van der Waals surface area contributed by atoms with Crippen LogP contribution in [0.15, 0.2) is 30.5 Å². The quantitative estimate of drug-likeness (QED) is 0.824. The normalized spacial score (nSPS) is 12.8. The number of sulfone groups is 1. The van der Waals surface area contributed by atoms with E-state index in [0.29, 0.717) is 5.39 Å². The van der Waals surface area contributed by atoms with E-state index in [1.54, 1.807) is 6.07 Å². The van der Waals surface area contributed by atoms with Gasteiger partial charge >= 0.3 is 5.97 Å². The first-order valence-electron chi connectivity index (χ1n) is 6.43. The number of hydrogen-bond donors (Lipinski definition) is 2. The molecule has 1 atom stereocenters. The number of para-hydroxylation sites is 1. The van der Waals surface area contributed by atoms with Crippen molar-refractivity contribution in [1.82, 2.24) is 10.3 Å². The van der Waals surface area contributed by atoms with E-state index in [0.717, 1.165) is 12.5 Å². The monoisotopic (exact) mass is 340 g/mol. The van der Waals surface area contributed by atoms with Gasteiger partial charge in [0.15, 0.2) is 0 Å². The number of carbonyl (C=O) groups excluding carboxylic acids is 1. The summed E-state index contributed by atoms with van der Waals surface area (Å²) in [6, 6.07) is 3.99. The summed E-state index contributed by atoms with van der Waals surface area (Å²) < 4.78 is 35.9. The van der Waals surface area contributed by atoms with E-state index >= 15 is 0 Å². The molecule has 0 spiro atoms. The van der Waals surface area contributed by atoms with Gasteiger partial charge in [-0.25, -0.2) is 17.6 Å². The van der Waals surface area contributed by atoms with E-state index in [2.05, 4.69) is 10.3 Å². The summed E-state index contributed by atoms with van der Waals surface area (Å²) in [7, 11) is -3.60. The summed E-state index contributed by atoms with van der Waals surface area (Å²) in [6.45, 7) is 0. The Bertz CT molecular complexity index is 882. The zero-order valence-electron chi connectivity index (χ0n) is 12.0. The molecule has 0 fully saturated rings. The minimum absolute atomic E-state index is 0.00264. The molecule has 0 aliphatic heterocycles. The van der Waals surface area contributed by atoms with Gasteiger partial charge in [-0.15, -0.1) is 0 Å². The fourth-order valence-corrected chi connectivity index (χ4v) is 2.80. The standard InChI is InChI=1S/C14H13FN2O5S/c1-23(21,22)7-11(14(19)20)17-13(18)9-5-8-3-2-4-10(15)12(8)16-6-9/h2-6,11H,7H2,1H3,(H,17,18)(H,19,20)/t11-/m0/s1. The number of halogens is 1. The summed E-state index contributed by atoms with van der Waals surface area (Å²) in [5, 5.41) is 11.5. The van der Waals surface area contributed by atoms with Crippen molar-refractivity contribution in [2.75, 3.05) is 12.0 Å². The van der Waals surface area contributed by atoms with Gasteiger partial charge in [-0.3, -0.25) is 9.78 Å². The maximum Gasteiger partial charge on any atom is 0.327 e. The highest BCUT2D eigenvalue weighted by Gasteiger charge is 2.25. The molecule has 0 radical (unpaired) electrons. The highest BCUT2D eigenvalue weighted by atomic mass is 32.2. The molecule has 0 aliphatic carbocycles. The lowest BCUT2D eigenvalue weighted by Gasteiger charge is -2.13. The first-order chi connectivity index (χ1) is 10.7. The number of benzene rings is 1. The summed E-state index contributed by atoms with van der Waals surface area (Å²) in [6.07, 6.45) is 1.97. The van der Waals surface area contributed by atoms with E-state index < -0.39 is 39.3 Å². The minimum Gasteiger partial charge on any atom is -0.480 e. The largest absolute Gasteiger partial charge is 0.480 e. The number of carboxylic acid groups (broad SMARTS) is 1. The second kappa shape index (κ2) is 6.29. The molecule has 2 rings (SSSR count). The molecule has 9 heteroatoms. The Morgan fingerprint density at radius 1 is 1.39 bits per heavy atom. The van der Waals surface area contributed by atoms with E-state index in [1.165, 1.54) is 18.2 Å². The lowest BCUT2D eigenvalue weighted by Crippen LogP contribution is -2.45. The van der Waals surface area contributed by atoms with Gasteiger partial charge in [0.1, 0.15) is 27.2 Å². The lowest BCUT2D eigenvalue weighted by atomic mass is 10.1. The van der Waals surface area contributed by atoms with Gasteiger partial charge in [-0.1, -0.05) is 12.1 Å². The topological polar surface area (TPSA) is 113 Å². The highest BCUT2D eigenvalue weighted by molar-refractivity contribution is 7.90. The van der Waals surface area contributed by atoms with E-state index in [9.17, 15) is 22.4 Å². The van der Waals surface area contributed by atoms with Crippen LogP contribution >= 0.6 is 0 Å². The Labute approximate surface area is 131 Å². The van der Waals surface area contributed by atoms with Gasteiger partial charge in [0.2, 0.25) is 0 Å². The Hall–Kier alpha value is -2.55. The maximum atomic E-state index is 13.5. The molecule has 0 aliphatic rings. The molecule has 0 saturated heterocycles. The Morgan fingerprint density at radius 2 is 2.09 bits per heavy atom. The molecule has 1 aromatic heterocycles. The first-order valence-corrected chi connectivity index (χ1v) is 8.49. The smallest absolute Gasteiger partial charge is 0.327 e. The molecule has 7 nitrogen and oxygen atoms in total. The number of carbonyl (C=O) groups is 2. The molecule has 23 heavy (non-hydrogen) atoms. The molecule has 0 unspecified atom stereocenters. The van der Waals surface area contributed by atoms with Gasteiger partial charge < -0.3 is 10.4 Å². The highest BCUT2D eigenvalue weighted by Crippen LogP contribution is 2.16. The average Bonchev–Trinajstić information content (AvgIpc) is 2.45. The van der Waals surface area contributed by atoms with Crippen molar-refractivity contribution in [3.05, 3.63) is 41.8 Å². The van der Waals surface area contributed by atoms with Crippen molar-refractivity contribution in [3.63, 3.8) is 0 Å². The minimum atomic E-state index is -3.60.